The molecule has 0 N–H and O–H groups in total. The van der Waals surface area contributed by atoms with Crippen molar-refractivity contribution in [2.24, 2.45) is 5.92 Å². The van der Waals surface area contributed by atoms with E-state index in [9.17, 15) is 22.8 Å². The number of aryl methyl sites for hydroxylation is 1. The van der Waals surface area contributed by atoms with Crippen molar-refractivity contribution in [3.63, 3.8) is 0 Å². The third kappa shape index (κ3) is 3.66. The number of ketones is 2. The average molecular weight is 337 g/mol. The summed E-state index contributed by atoms with van der Waals surface area (Å²) in [6.07, 6.45) is -4.60. The Bertz CT molecular complexity index is 802. The first-order valence-electron chi connectivity index (χ1n) is 6.46. The highest BCUT2D eigenvalue weighted by atomic mass is 32.1. The number of carbonyl (C=O) groups excluding carboxylic acids is 2. The molecule has 0 spiro atoms. The van der Waals surface area contributed by atoms with Gasteiger partial charge in [0, 0.05) is 10.4 Å². The minimum absolute atomic E-state index is 0.231. The zero-order chi connectivity index (χ0) is 17.2. The van der Waals surface area contributed by atoms with Crippen molar-refractivity contribution in [2.45, 2.75) is 13.1 Å². The van der Waals surface area contributed by atoms with Crippen molar-refractivity contribution in [3.05, 3.63) is 57.3 Å². The molecule has 7 heteroatoms. The van der Waals surface area contributed by atoms with E-state index in [1.54, 1.807) is 19.1 Å². The number of carbonyl (C=O) groups is 2. The van der Waals surface area contributed by atoms with Gasteiger partial charge in [0.05, 0.1) is 16.5 Å². The Morgan fingerprint density at radius 2 is 1.87 bits per heavy atom. The SMILES string of the molecule is Cc1ccc(C(=O)C(C#N)C(=O)c2cccc(C(F)(F)F)c2)s1. The van der Waals surface area contributed by atoms with Gasteiger partial charge in [-0.05, 0) is 31.2 Å². The molecule has 0 aliphatic rings. The maximum Gasteiger partial charge on any atom is 0.416 e. The van der Waals surface area contributed by atoms with Gasteiger partial charge in [-0.3, -0.25) is 9.59 Å². The summed E-state index contributed by atoms with van der Waals surface area (Å²) in [7, 11) is 0. The lowest BCUT2D eigenvalue weighted by Crippen LogP contribution is -2.22. The van der Waals surface area contributed by atoms with E-state index in [0.29, 0.717) is 6.07 Å². The summed E-state index contributed by atoms with van der Waals surface area (Å²) in [5.74, 6) is -3.29. The summed E-state index contributed by atoms with van der Waals surface area (Å²) >= 11 is 1.13. The maximum absolute atomic E-state index is 12.7. The highest BCUT2D eigenvalue weighted by molar-refractivity contribution is 7.14. The fraction of sp³-hybridized carbons (Fsp3) is 0.188. The molecule has 0 radical (unpaired) electrons. The van der Waals surface area contributed by atoms with Gasteiger partial charge in [0.25, 0.3) is 0 Å². The van der Waals surface area contributed by atoms with E-state index in [1.807, 2.05) is 0 Å². The van der Waals surface area contributed by atoms with Crippen molar-refractivity contribution in [1.82, 2.24) is 0 Å². The van der Waals surface area contributed by atoms with Crippen molar-refractivity contribution in [3.8, 4) is 6.07 Å². The molecule has 1 aromatic heterocycles. The van der Waals surface area contributed by atoms with Gasteiger partial charge in [0.15, 0.2) is 17.5 Å². The number of rotatable bonds is 4. The van der Waals surface area contributed by atoms with Gasteiger partial charge in [0.1, 0.15) is 0 Å². The van der Waals surface area contributed by atoms with Crippen LogP contribution in [0.25, 0.3) is 0 Å². The molecule has 2 rings (SSSR count). The number of benzene rings is 1. The van der Waals surface area contributed by atoms with Gasteiger partial charge in [-0.25, -0.2) is 0 Å². The Labute approximate surface area is 134 Å². The second-order valence-corrected chi connectivity index (χ2v) is 6.07. The molecule has 1 aromatic carbocycles. The maximum atomic E-state index is 12.7. The molecule has 0 aliphatic heterocycles. The predicted molar refractivity (Wildman–Crippen MR) is 78.3 cm³/mol. The van der Waals surface area contributed by atoms with Gasteiger partial charge in [-0.1, -0.05) is 12.1 Å². The number of thiophene rings is 1. The van der Waals surface area contributed by atoms with Gasteiger partial charge in [-0.2, -0.15) is 18.4 Å². The van der Waals surface area contributed by atoms with Crippen molar-refractivity contribution in [2.75, 3.05) is 0 Å². The molecule has 1 unspecified atom stereocenters. The highest BCUT2D eigenvalue weighted by Gasteiger charge is 2.33. The van der Waals surface area contributed by atoms with Gasteiger partial charge < -0.3 is 0 Å². The summed E-state index contributed by atoms with van der Waals surface area (Å²) in [4.78, 5) is 25.6. The Morgan fingerprint density at radius 3 is 2.39 bits per heavy atom. The number of hydrogen-bond donors (Lipinski definition) is 0. The van der Waals surface area contributed by atoms with Crippen LogP contribution in [0.15, 0.2) is 36.4 Å². The number of halogens is 3. The molecule has 118 valence electrons. The second-order valence-electron chi connectivity index (χ2n) is 4.78. The van der Waals surface area contributed by atoms with Gasteiger partial charge in [0.2, 0.25) is 0 Å². The lowest BCUT2D eigenvalue weighted by atomic mass is 9.93. The summed E-state index contributed by atoms with van der Waals surface area (Å²) < 4.78 is 38.1. The zero-order valence-corrected chi connectivity index (χ0v) is 12.7. The minimum atomic E-state index is -4.60. The van der Waals surface area contributed by atoms with Crippen molar-refractivity contribution in [1.29, 1.82) is 5.26 Å². The summed E-state index contributed by atoms with van der Waals surface area (Å²) in [6.45, 7) is 1.76. The predicted octanol–water partition coefficient (Wildman–Crippen LogP) is 4.28. The van der Waals surface area contributed by atoms with Crippen LogP contribution < -0.4 is 0 Å². The molecular formula is C16H10F3NO2S. The Balaban J connectivity index is 2.34. The molecular weight excluding hydrogens is 327 g/mol. The molecule has 0 bridgehead atoms. The Morgan fingerprint density at radius 1 is 1.17 bits per heavy atom. The number of hydrogen-bond acceptors (Lipinski definition) is 4. The lowest BCUT2D eigenvalue weighted by molar-refractivity contribution is -0.137. The molecule has 3 nitrogen and oxygen atoms in total. The zero-order valence-electron chi connectivity index (χ0n) is 11.8. The first kappa shape index (κ1) is 16.9. The first-order chi connectivity index (χ1) is 10.7. The molecule has 0 saturated carbocycles. The van der Waals surface area contributed by atoms with Crippen LogP contribution in [0.1, 0.15) is 30.5 Å². The third-order valence-corrected chi connectivity index (χ3v) is 4.13. The number of nitrogens with zero attached hydrogens (tertiary/aromatic N) is 1. The standard InChI is InChI=1S/C16H10F3NO2S/c1-9-5-6-13(23-9)15(22)12(8-20)14(21)10-3-2-4-11(7-10)16(17,18)19/h2-7,12H,1H3. The molecule has 0 aliphatic carbocycles. The smallest absolute Gasteiger partial charge is 0.292 e. The largest absolute Gasteiger partial charge is 0.416 e. The van der Waals surface area contributed by atoms with Gasteiger partial charge in [-0.15, -0.1) is 11.3 Å². The van der Waals surface area contributed by atoms with E-state index in [-0.39, 0.29) is 10.4 Å². The molecule has 2 aromatic rings. The summed E-state index contributed by atoms with van der Waals surface area (Å²) in [6, 6.07) is 8.46. The number of nitriles is 1. The number of Topliss-reactive ketones (excluding diaryl/α,β-unsaturated/α-hetero) is 2. The van der Waals surface area contributed by atoms with E-state index in [2.05, 4.69) is 0 Å². The van der Waals surface area contributed by atoms with Crippen molar-refractivity contribution >= 4 is 22.9 Å². The minimum Gasteiger partial charge on any atom is -0.292 e. The molecule has 0 saturated heterocycles. The van der Waals surface area contributed by atoms with E-state index >= 15 is 0 Å². The van der Waals surface area contributed by atoms with E-state index in [0.717, 1.165) is 34.4 Å². The van der Waals surface area contributed by atoms with E-state index < -0.39 is 29.2 Å². The highest BCUT2D eigenvalue weighted by Crippen LogP contribution is 2.30. The quantitative estimate of drug-likeness (QED) is 0.618. The van der Waals surface area contributed by atoms with Crippen molar-refractivity contribution < 1.29 is 22.8 Å². The lowest BCUT2D eigenvalue weighted by Gasteiger charge is -2.10. The Hall–Kier alpha value is -2.46. The molecule has 1 atom stereocenters. The van der Waals surface area contributed by atoms with E-state index in [1.165, 1.54) is 6.07 Å². The van der Waals surface area contributed by atoms with Crippen LogP contribution in [0.2, 0.25) is 0 Å². The van der Waals surface area contributed by atoms with Crippen LogP contribution >= 0.6 is 11.3 Å². The van der Waals surface area contributed by atoms with Crippen LogP contribution in [-0.2, 0) is 6.18 Å². The van der Waals surface area contributed by atoms with Crippen LogP contribution in [0.4, 0.5) is 13.2 Å². The number of alkyl halides is 3. The molecule has 0 amide bonds. The Kier molecular flexibility index (Phi) is 4.66. The molecule has 23 heavy (non-hydrogen) atoms. The van der Waals surface area contributed by atoms with Crippen LogP contribution in [-0.4, -0.2) is 11.6 Å². The van der Waals surface area contributed by atoms with E-state index in [4.69, 9.17) is 5.26 Å². The summed E-state index contributed by atoms with van der Waals surface area (Å²) in [5, 5.41) is 9.12. The van der Waals surface area contributed by atoms with Crippen LogP contribution in [0.5, 0.6) is 0 Å². The normalized spacial score (nSPS) is 12.5. The molecule has 1 heterocycles. The topological polar surface area (TPSA) is 57.9 Å². The van der Waals surface area contributed by atoms with Crippen LogP contribution in [0, 0.1) is 24.2 Å². The van der Waals surface area contributed by atoms with Crippen LogP contribution in [0.3, 0.4) is 0 Å². The summed E-state index contributed by atoms with van der Waals surface area (Å²) in [5.41, 5.74) is -1.31. The fourth-order valence-electron chi connectivity index (χ4n) is 1.96. The monoisotopic (exact) mass is 337 g/mol. The molecule has 0 fully saturated rings. The average Bonchev–Trinajstić information content (AvgIpc) is 2.93. The fourth-order valence-corrected chi connectivity index (χ4v) is 2.80. The third-order valence-electron chi connectivity index (χ3n) is 3.11. The van der Waals surface area contributed by atoms with Gasteiger partial charge >= 0.3 is 6.18 Å². The first-order valence-corrected chi connectivity index (χ1v) is 7.27. The second kappa shape index (κ2) is 6.34.